The van der Waals surface area contributed by atoms with Crippen molar-refractivity contribution >= 4 is 17.7 Å². The Kier molecular flexibility index (Phi) is 4.84. The summed E-state index contributed by atoms with van der Waals surface area (Å²) in [6.45, 7) is 3.45. The Morgan fingerprint density at radius 1 is 1.50 bits per heavy atom. The Bertz CT molecular complexity index is 443. The third-order valence-electron chi connectivity index (χ3n) is 2.07. The fourth-order valence-corrected chi connectivity index (χ4v) is 2.13. The van der Waals surface area contributed by atoms with E-state index in [2.05, 4.69) is 11.3 Å². The van der Waals surface area contributed by atoms with Crippen LogP contribution in [0.15, 0.2) is 41.8 Å². The lowest BCUT2D eigenvalue weighted by Crippen LogP contribution is -2.15. The van der Waals surface area contributed by atoms with Crippen LogP contribution in [0.3, 0.4) is 0 Å². The third kappa shape index (κ3) is 3.80. The van der Waals surface area contributed by atoms with E-state index in [0.717, 1.165) is 23.9 Å². The monoisotopic (exact) mass is 276 g/mol. The van der Waals surface area contributed by atoms with Gasteiger partial charge in [-0.15, -0.1) is 18.3 Å². The van der Waals surface area contributed by atoms with Crippen molar-refractivity contribution in [2.45, 2.75) is 16.3 Å². The SMILES string of the molecule is C=CC(Sc1cccc(C(F)(F)F)c1)C(=O)OC. The molecule has 0 saturated heterocycles. The molecule has 1 aromatic rings. The fraction of sp³-hybridized carbons (Fsp3) is 0.250. The number of rotatable bonds is 4. The normalized spacial score (nSPS) is 12.9. The zero-order valence-electron chi connectivity index (χ0n) is 9.53. The van der Waals surface area contributed by atoms with Crippen molar-refractivity contribution in [2.75, 3.05) is 7.11 Å². The van der Waals surface area contributed by atoms with Crippen LogP contribution in [0.4, 0.5) is 13.2 Å². The van der Waals surface area contributed by atoms with Crippen LogP contribution in [0.25, 0.3) is 0 Å². The molecule has 2 nitrogen and oxygen atoms in total. The number of carbonyl (C=O) groups is 1. The minimum absolute atomic E-state index is 0.333. The summed E-state index contributed by atoms with van der Waals surface area (Å²) in [5.74, 6) is -0.549. The second kappa shape index (κ2) is 5.95. The van der Waals surface area contributed by atoms with Crippen molar-refractivity contribution < 1.29 is 22.7 Å². The number of halogens is 3. The van der Waals surface area contributed by atoms with Crippen LogP contribution in [-0.4, -0.2) is 18.3 Å². The molecule has 0 amide bonds. The van der Waals surface area contributed by atoms with Crippen molar-refractivity contribution in [1.82, 2.24) is 0 Å². The molecule has 1 aromatic carbocycles. The van der Waals surface area contributed by atoms with Crippen LogP contribution in [0.5, 0.6) is 0 Å². The molecule has 0 bridgehead atoms. The van der Waals surface area contributed by atoms with E-state index in [0.29, 0.717) is 4.90 Å². The van der Waals surface area contributed by atoms with E-state index >= 15 is 0 Å². The predicted molar refractivity (Wildman–Crippen MR) is 63.3 cm³/mol. The maximum atomic E-state index is 12.5. The average Bonchev–Trinajstić information content (AvgIpc) is 2.34. The lowest BCUT2D eigenvalue weighted by molar-refractivity contribution is -0.139. The Balaban J connectivity index is 2.91. The lowest BCUT2D eigenvalue weighted by Gasteiger charge is -2.11. The first-order valence-electron chi connectivity index (χ1n) is 4.92. The molecule has 0 aliphatic heterocycles. The van der Waals surface area contributed by atoms with Gasteiger partial charge in [-0.25, -0.2) is 0 Å². The fourth-order valence-electron chi connectivity index (χ4n) is 1.20. The summed E-state index contributed by atoms with van der Waals surface area (Å²) in [7, 11) is 1.21. The molecule has 0 spiro atoms. The van der Waals surface area contributed by atoms with Crippen molar-refractivity contribution in [3.05, 3.63) is 42.5 Å². The van der Waals surface area contributed by atoms with Gasteiger partial charge >= 0.3 is 12.1 Å². The highest BCUT2D eigenvalue weighted by atomic mass is 32.2. The number of alkyl halides is 3. The van der Waals surface area contributed by atoms with E-state index in [1.54, 1.807) is 0 Å². The van der Waals surface area contributed by atoms with Gasteiger partial charge in [0.15, 0.2) is 0 Å². The van der Waals surface area contributed by atoms with Crippen molar-refractivity contribution in [2.24, 2.45) is 0 Å². The number of carbonyl (C=O) groups excluding carboxylic acids is 1. The van der Waals surface area contributed by atoms with Gasteiger partial charge in [-0.2, -0.15) is 13.2 Å². The van der Waals surface area contributed by atoms with Crippen LogP contribution in [-0.2, 0) is 15.7 Å². The second-order valence-corrected chi connectivity index (χ2v) is 4.54. The van der Waals surface area contributed by atoms with Crippen molar-refractivity contribution in [3.8, 4) is 0 Å². The lowest BCUT2D eigenvalue weighted by atomic mass is 10.2. The molecule has 0 aliphatic rings. The summed E-state index contributed by atoms with van der Waals surface area (Å²) in [4.78, 5) is 11.6. The smallest absolute Gasteiger partial charge is 0.416 e. The van der Waals surface area contributed by atoms with E-state index in [1.807, 2.05) is 0 Å². The van der Waals surface area contributed by atoms with E-state index in [1.165, 1.54) is 25.3 Å². The Labute approximate surface area is 107 Å². The number of hydrogen-bond acceptors (Lipinski definition) is 3. The molecule has 6 heteroatoms. The van der Waals surface area contributed by atoms with Gasteiger partial charge in [0, 0.05) is 4.90 Å². The van der Waals surface area contributed by atoms with Crippen LogP contribution < -0.4 is 0 Å². The van der Waals surface area contributed by atoms with Crippen LogP contribution in [0.1, 0.15) is 5.56 Å². The van der Waals surface area contributed by atoms with Crippen molar-refractivity contribution in [3.63, 3.8) is 0 Å². The van der Waals surface area contributed by atoms with E-state index in [-0.39, 0.29) is 0 Å². The summed E-state index contributed by atoms with van der Waals surface area (Å²) in [6, 6.07) is 4.76. The van der Waals surface area contributed by atoms with Gasteiger partial charge in [0.2, 0.25) is 0 Å². The molecule has 0 heterocycles. The topological polar surface area (TPSA) is 26.3 Å². The first-order valence-corrected chi connectivity index (χ1v) is 5.80. The maximum absolute atomic E-state index is 12.5. The van der Waals surface area contributed by atoms with Gasteiger partial charge in [-0.1, -0.05) is 12.1 Å². The quantitative estimate of drug-likeness (QED) is 0.478. The Morgan fingerprint density at radius 3 is 2.67 bits per heavy atom. The maximum Gasteiger partial charge on any atom is 0.416 e. The zero-order valence-corrected chi connectivity index (χ0v) is 10.3. The number of methoxy groups -OCH3 is 1. The minimum Gasteiger partial charge on any atom is -0.468 e. The molecule has 0 fully saturated rings. The number of benzene rings is 1. The van der Waals surface area contributed by atoms with Gasteiger partial charge in [-0.3, -0.25) is 4.79 Å². The molecular weight excluding hydrogens is 265 g/mol. The number of thioether (sulfide) groups is 1. The number of hydrogen-bond donors (Lipinski definition) is 0. The highest BCUT2D eigenvalue weighted by molar-refractivity contribution is 8.00. The third-order valence-corrected chi connectivity index (χ3v) is 3.24. The molecule has 0 saturated carbocycles. The van der Waals surface area contributed by atoms with Crippen LogP contribution in [0.2, 0.25) is 0 Å². The molecule has 0 aliphatic carbocycles. The minimum atomic E-state index is -4.40. The number of esters is 1. The Morgan fingerprint density at radius 2 is 2.17 bits per heavy atom. The summed E-state index contributed by atoms with van der Waals surface area (Å²) in [6.07, 6.45) is -3.07. The Hall–Kier alpha value is -1.43. The second-order valence-electron chi connectivity index (χ2n) is 3.32. The molecule has 0 radical (unpaired) electrons. The first-order chi connectivity index (χ1) is 8.38. The van der Waals surface area contributed by atoms with Gasteiger partial charge in [0.25, 0.3) is 0 Å². The van der Waals surface area contributed by atoms with Gasteiger partial charge in [-0.05, 0) is 18.2 Å². The summed E-state index contributed by atoms with van der Waals surface area (Å²) < 4.78 is 42.0. The van der Waals surface area contributed by atoms with E-state index < -0.39 is 23.0 Å². The standard InChI is InChI=1S/C12H11F3O2S/c1-3-10(11(16)17-2)18-9-6-4-5-8(7-9)12(13,14)15/h3-7,10H,1H2,2H3. The zero-order chi connectivity index (χ0) is 13.8. The molecule has 1 rings (SSSR count). The van der Waals surface area contributed by atoms with Gasteiger partial charge < -0.3 is 4.74 Å². The van der Waals surface area contributed by atoms with Gasteiger partial charge in [0.05, 0.1) is 12.7 Å². The van der Waals surface area contributed by atoms with E-state index in [9.17, 15) is 18.0 Å². The predicted octanol–water partition coefficient (Wildman–Crippen LogP) is 3.53. The molecule has 1 atom stereocenters. The molecular formula is C12H11F3O2S. The van der Waals surface area contributed by atoms with E-state index in [4.69, 9.17) is 0 Å². The number of ether oxygens (including phenoxy) is 1. The molecule has 0 aromatic heterocycles. The highest BCUT2D eigenvalue weighted by Crippen LogP contribution is 2.33. The van der Waals surface area contributed by atoms with Crippen LogP contribution >= 0.6 is 11.8 Å². The molecule has 0 N–H and O–H groups in total. The average molecular weight is 276 g/mol. The summed E-state index contributed by atoms with van der Waals surface area (Å²) >= 11 is 0.959. The van der Waals surface area contributed by atoms with Gasteiger partial charge in [0.1, 0.15) is 5.25 Å². The van der Waals surface area contributed by atoms with Crippen LogP contribution in [0, 0.1) is 0 Å². The summed E-state index contributed by atoms with van der Waals surface area (Å²) in [5.41, 5.74) is -0.750. The largest absolute Gasteiger partial charge is 0.468 e. The highest BCUT2D eigenvalue weighted by Gasteiger charge is 2.30. The first kappa shape index (κ1) is 14.6. The molecule has 1 unspecified atom stereocenters. The molecule has 18 heavy (non-hydrogen) atoms. The molecule has 98 valence electrons. The van der Waals surface area contributed by atoms with Crippen molar-refractivity contribution in [1.29, 1.82) is 0 Å². The summed E-state index contributed by atoms with van der Waals surface area (Å²) in [5, 5.41) is -0.724.